The minimum absolute atomic E-state index is 0.203. The first kappa shape index (κ1) is 24.3. The van der Waals surface area contributed by atoms with Crippen molar-refractivity contribution >= 4 is 23.5 Å². The van der Waals surface area contributed by atoms with E-state index in [9.17, 15) is 9.59 Å². The van der Waals surface area contributed by atoms with Gasteiger partial charge in [-0.2, -0.15) is 0 Å². The molecule has 0 unspecified atom stereocenters. The van der Waals surface area contributed by atoms with Crippen LogP contribution in [0.15, 0.2) is 42.6 Å². The molecule has 0 bridgehead atoms. The SMILES string of the molecule is CC(=O)Nc1cnc(NC(=O)OC(C)(C)C)cc1CCOCCOCc1ccccc1. The summed E-state index contributed by atoms with van der Waals surface area (Å²) in [4.78, 5) is 27.6. The van der Waals surface area contributed by atoms with Gasteiger partial charge in [-0.15, -0.1) is 0 Å². The molecule has 2 amide bonds. The summed E-state index contributed by atoms with van der Waals surface area (Å²) in [5.41, 5.74) is 1.87. The third-order valence-electron chi connectivity index (χ3n) is 3.93. The summed E-state index contributed by atoms with van der Waals surface area (Å²) in [7, 11) is 0. The first-order valence-electron chi connectivity index (χ1n) is 10.2. The van der Waals surface area contributed by atoms with Gasteiger partial charge in [0.05, 0.1) is 38.3 Å². The number of pyridine rings is 1. The number of nitrogens with zero attached hydrogens (tertiary/aromatic N) is 1. The van der Waals surface area contributed by atoms with Gasteiger partial charge in [0.2, 0.25) is 5.91 Å². The lowest BCUT2D eigenvalue weighted by Gasteiger charge is -2.19. The van der Waals surface area contributed by atoms with E-state index in [1.165, 1.54) is 13.1 Å². The second-order valence-electron chi connectivity index (χ2n) is 7.94. The maximum Gasteiger partial charge on any atom is 0.413 e. The molecule has 2 N–H and O–H groups in total. The Balaban J connectivity index is 1.83. The number of amides is 2. The number of carbonyl (C=O) groups is 2. The molecule has 0 saturated carbocycles. The van der Waals surface area contributed by atoms with Crippen LogP contribution in [-0.2, 0) is 32.0 Å². The molecule has 0 aliphatic carbocycles. The van der Waals surface area contributed by atoms with E-state index in [1.807, 2.05) is 30.3 Å². The molecule has 1 heterocycles. The minimum atomic E-state index is -0.612. The van der Waals surface area contributed by atoms with Crippen molar-refractivity contribution < 1.29 is 23.8 Å². The van der Waals surface area contributed by atoms with E-state index in [0.29, 0.717) is 44.4 Å². The van der Waals surface area contributed by atoms with Crippen LogP contribution in [0.3, 0.4) is 0 Å². The molecular formula is C23H31N3O5. The third kappa shape index (κ3) is 10.1. The monoisotopic (exact) mass is 429 g/mol. The first-order chi connectivity index (χ1) is 14.7. The zero-order chi connectivity index (χ0) is 22.7. The van der Waals surface area contributed by atoms with Gasteiger partial charge in [-0.05, 0) is 44.4 Å². The molecule has 168 valence electrons. The summed E-state index contributed by atoms with van der Waals surface area (Å²) in [5, 5.41) is 5.35. The van der Waals surface area contributed by atoms with Crippen molar-refractivity contribution in [3.8, 4) is 0 Å². The smallest absolute Gasteiger partial charge is 0.413 e. The molecule has 31 heavy (non-hydrogen) atoms. The maximum atomic E-state index is 12.0. The van der Waals surface area contributed by atoms with Gasteiger partial charge in [0.15, 0.2) is 0 Å². The average molecular weight is 430 g/mol. The Hall–Kier alpha value is -2.97. The molecule has 0 saturated heterocycles. The fourth-order valence-corrected chi connectivity index (χ4v) is 2.65. The highest BCUT2D eigenvalue weighted by Gasteiger charge is 2.17. The molecule has 0 fully saturated rings. The van der Waals surface area contributed by atoms with Crippen LogP contribution in [0.4, 0.5) is 16.3 Å². The molecule has 2 rings (SSSR count). The Morgan fingerprint density at radius 1 is 1.00 bits per heavy atom. The van der Waals surface area contributed by atoms with E-state index in [2.05, 4.69) is 15.6 Å². The van der Waals surface area contributed by atoms with Crippen molar-refractivity contribution in [3.63, 3.8) is 0 Å². The van der Waals surface area contributed by atoms with Crippen molar-refractivity contribution in [2.24, 2.45) is 0 Å². The van der Waals surface area contributed by atoms with Crippen molar-refractivity contribution in [1.82, 2.24) is 4.98 Å². The lowest BCUT2D eigenvalue weighted by molar-refractivity contribution is -0.114. The van der Waals surface area contributed by atoms with Crippen molar-refractivity contribution in [2.45, 2.75) is 46.3 Å². The predicted octanol–water partition coefficient (Wildman–Crippen LogP) is 4.16. The van der Waals surface area contributed by atoms with Gasteiger partial charge >= 0.3 is 6.09 Å². The predicted molar refractivity (Wildman–Crippen MR) is 119 cm³/mol. The molecule has 8 heteroatoms. The lowest BCUT2D eigenvalue weighted by atomic mass is 10.1. The second-order valence-corrected chi connectivity index (χ2v) is 7.94. The zero-order valence-corrected chi connectivity index (χ0v) is 18.6. The number of hydrogen-bond acceptors (Lipinski definition) is 6. The summed E-state index contributed by atoms with van der Waals surface area (Å²) in [6.45, 7) is 8.69. The number of carbonyl (C=O) groups excluding carboxylic acids is 2. The number of rotatable bonds is 10. The molecule has 0 radical (unpaired) electrons. The highest BCUT2D eigenvalue weighted by atomic mass is 16.6. The maximum absolute atomic E-state index is 12.0. The number of hydrogen-bond donors (Lipinski definition) is 2. The second kappa shape index (κ2) is 12.0. The Morgan fingerprint density at radius 2 is 1.71 bits per heavy atom. The van der Waals surface area contributed by atoms with Gasteiger partial charge in [0, 0.05) is 6.92 Å². The average Bonchev–Trinajstić information content (AvgIpc) is 2.68. The zero-order valence-electron chi connectivity index (χ0n) is 18.6. The molecular weight excluding hydrogens is 398 g/mol. The fourth-order valence-electron chi connectivity index (χ4n) is 2.65. The molecule has 0 atom stereocenters. The van der Waals surface area contributed by atoms with E-state index in [1.54, 1.807) is 26.8 Å². The topological polar surface area (TPSA) is 98.8 Å². The number of ether oxygens (including phenoxy) is 3. The summed E-state index contributed by atoms with van der Waals surface area (Å²) in [6, 6.07) is 11.6. The molecule has 0 aliphatic heterocycles. The quantitative estimate of drug-likeness (QED) is 0.550. The first-order valence-corrected chi connectivity index (χ1v) is 10.2. The largest absolute Gasteiger partial charge is 0.444 e. The number of anilines is 2. The highest BCUT2D eigenvalue weighted by molar-refractivity contribution is 5.90. The molecule has 8 nitrogen and oxygen atoms in total. The Kier molecular flexibility index (Phi) is 9.42. The van der Waals surface area contributed by atoms with Crippen LogP contribution in [-0.4, -0.2) is 42.4 Å². The Labute approximate surface area is 183 Å². The third-order valence-corrected chi connectivity index (χ3v) is 3.93. The number of aromatic nitrogens is 1. The molecule has 1 aromatic carbocycles. The van der Waals surface area contributed by atoms with Gasteiger partial charge in [0.25, 0.3) is 0 Å². The summed E-state index contributed by atoms with van der Waals surface area (Å²) >= 11 is 0. The van der Waals surface area contributed by atoms with Gasteiger partial charge in [-0.1, -0.05) is 30.3 Å². The van der Waals surface area contributed by atoms with Gasteiger partial charge < -0.3 is 19.5 Å². The molecule has 2 aromatic rings. The highest BCUT2D eigenvalue weighted by Crippen LogP contribution is 2.20. The number of nitrogens with one attached hydrogen (secondary N) is 2. The Bertz CT molecular complexity index is 850. The van der Waals surface area contributed by atoms with Crippen LogP contribution in [0, 0.1) is 0 Å². The van der Waals surface area contributed by atoms with Gasteiger partial charge in [0.1, 0.15) is 11.4 Å². The van der Waals surface area contributed by atoms with Crippen LogP contribution in [0.1, 0.15) is 38.8 Å². The molecule has 0 aliphatic rings. The Morgan fingerprint density at radius 3 is 2.39 bits per heavy atom. The molecule has 0 spiro atoms. The van der Waals surface area contributed by atoms with E-state index in [0.717, 1.165) is 11.1 Å². The van der Waals surface area contributed by atoms with Crippen molar-refractivity contribution in [1.29, 1.82) is 0 Å². The minimum Gasteiger partial charge on any atom is -0.444 e. The van der Waals surface area contributed by atoms with Crippen LogP contribution < -0.4 is 10.6 Å². The standard InChI is InChI=1S/C23H31N3O5/c1-17(27)25-20-15-24-21(26-22(28)31-23(2,3)4)14-19(20)10-11-29-12-13-30-16-18-8-6-5-7-9-18/h5-9,14-15H,10-13,16H2,1-4H3,(H,25,27)(H,24,26,28). The van der Waals surface area contributed by atoms with Crippen LogP contribution in [0.2, 0.25) is 0 Å². The van der Waals surface area contributed by atoms with E-state index >= 15 is 0 Å². The van der Waals surface area contributed by atoms with Crippen molar-refractivity contribution in [3.05, 3.63) is 53.7 Å². The van der Waals surface area contributed by atoms with E-state index in [-0.39, 0.29) is 5.91 Å². The van der Waals surface area contributed by atoms with Crippen LogP contribution in [0.25, 0.3) is 0 Å². The van der Waals surface area contributed by atoms with E-state index in [4.69, 9.17) is 14.2 Å². The fraction of sp³-hybridized carbons (Fsp3) is 0.435. The summed E-state index contributed by atoms with van der Waals surface area (Å²) in [5.74, 6) is 0.135. The lowest BCUT2D eigenvalue weighted by Crippen LogP contribution is -2.27. The summed E-state index contributed by atoms with van der Waals surface area (Å²) in [6.07, 6.45) is 1.44. The van der Waals surface area contributed by atoms with Gasteiger partial charge in [-0.25, -0.2) is 9.78 Å². The summed E-state index contributed by atoms with van der Waals surface area (Å²) < 4.78 is 16.5. The normalized spacial score (nSPS) is 11.1. The van der Waals surface area contributed by atoms with Crippen LogP contribution in [0.5, 0.6) is 0 Å². The number of benzene rings is 1. The van der Waals surface area contributed by atoms with Gasteiger partial charge in [-0.3, -0.25) is 10.1 Å². The molecule has 1 aromatic heterocycles. The van der Waals surface area contributed by atoms with Crippen LogP contribution >= 0.6 is 0 Å². The van der Waals surface area contributed by atoms with Crippen molar-refractivity contribution in [2.75, 3.05) is 30.5 Å². The van der Waals surface area contributed by atoms with E-state index < -0.39 is 11.7 Å².